The summed E-state index contributed by atoms with van der Waals surface area (Å²) in [5.41, 5.74) is 2.99. The summed E-state index contributed by atoms with van der Waals surface area (Å²) < 4.78 is 41.0. The third-order valence-corrected chi connectivity index (χ3v) is 9.96. The summed E-state index contributed by atoms with van der Waals surface area (Å²) >= 11 is 0. The van der Waals surface area contributed by atoms with Gasteiger partial charge in [0.1, 0.15) is 25.8 Å². The average Bonchev–Trinajstić information content (AvgIpc) is 3.09. The molecule has 0 saturated carbocycles. The van der Waals surface area contributed by atoms with Crippen molar-refractivity contribution in [1.82, 2.24) is 10.2 Å². The Morgan fingerprint density at radius 1 is 0.830 bits per heavy atom. The number of rotatable bonds is 13. The average molecular weight is 656 g/mol. The number of amides is 2. The summed E-state index contributed by atoms with van der Waals surface area (Å²) in [5, 5.41) is 3.06. The fraction of sp³-hybridized carbons (Fsp3) is 0.297. The minimum absolute atomic E-state index is 0.0307. The zero-order valence-electron chi connectivity index (χ0n) is 27.0. The molecule has 9 nitrogen and oxygen atoms in total. The van der Waals surface area contributed by atoms with Crippen LogP contribution in [0.3, 0.4) is 0 Å². The quantitative estimate of drug-likeness (QED) is 0.204. The van der Waals surface area contributed by atoms with E-state index in [1.807, 2.05) is 75.4 Å². The second kappa shape index (κ2) is 15.2. The number of fused-ring (bicyclic) bond motifs is 1. The van der Waals surface area contributed by atoms with Crippen molar-refractivity contribution in [3.63, 3.8) is 0 Å². The molecular formula is C37H41N3O6S. The molecule has 1 N–H and O–H groups in total. The number of carbonyl (C=O) groups is 2. The molecule has 1 aliphatic heterocycles. The fourth-order valence-electron chi connectivity index (χ4n) is 5.32. The van der Waals surface area contributed by atoms with Gasteiger partial charge in [0.15, 0.2) is 11.5 Å². The van der Waals surface area contributed by atoms with E-state index in [4.69, 9.17) is 9.47 Å². The zero-order chi connectivity index (χ0) is 33.4. The van der Waals surface area contributed by atoms with Crippen LogP contribution in [0.2, 0.25) is 0 Å². The van der Waals surface area contributed by atoms with Gasteiger partial charge >= 0.3 is 0 Å². The molecule has 0 unspecified atom stereocenters. The largest absolute Gasteiger partial charge is 0.486 e. The van der Waals surface area contributed by atoms with Crippen LogP contribution in [-0.2, 0) is 32.6 Å². The predicted molar refractivity (Wildman–Crippen MR) is 182 cm³/mol. The summed E-state index contributed by atoms with van der Waals surface area (Å²) in [5.74, 6) is 0.0514. The van der Waals surface area contributed by atoms with Crippen LogP contribution in [0.25, 0.3) is 0 Å². The van der Waals surface area contributed by atoms with Gasteiger partial charge in [-0.05, 0) is 55.7 Å². The Morgan fingerprint density at radius 3 is 2.13 bits per heavy atom. The highest BCUT2D eigenvalue weighted by atomic mass is 32.2. The first-order chi connectivity index (χ1) is 22.7. The van der Waals surface area contributed by atoms with Crippen LogP contribution in [0.4, 0.5) is 5.69 Å². The maximum absolute atomic E-state index is 14.6. The van der Waals surface area contributed by atoms with E-state index in [9.17, 15) is 18.0 Å². The van der Waals surface area contributed by atoms with Crippen molar-refractivity contribution < 1.29 is 27.5 Å². The third kappa shape index (κ3) is 8.31. The number of benzene rings is 4. The molecule has 2 amide bonds. The Labute approximate surface area is 277 Å². The zero-order valence-corrected chi connectivity index (χ0v) is 27.8. The summed E-state index contributed by atoms with van der Waals surface area (Å²) in [6, 6.07) is 29.0. The molecule has 2 atom stereocenters. The molecule has 0 fully saturated rings. The Balaban J connectivity index is 1.58. The smallest absolute Gasteiger partial charge is 0.264 e. The number of nitrogens with zero attached hydrogens (tertiary/aromatic N) is 2. The molecule has 0 saturated heterocycles. The van der Waals surface area contributed by atoms with Gasteiger partial charge in [-0.2, -0.15) is 0 Å². The third-order valence-electron chi connectivity index (χ3n) is 8.17. The second-order valence-corrected chi connectivity index (χ2v) is 13.5. The van der Waals surface area contributed by atoms with Gasteiger partial charge in [-0.3, -0.25) is 13.9 Å². The fourth-order valence-corrected chi connectivity index (χ4v) is 6.75. The lowest BCUT2D eigenvalue weighted by atomic mass is 10.0. The summed E-state index contributed by atoms with van der Waals surface area (Å²) in [6.45, 7) is 6.12. The first-order valence-electron chi connectivity index (χ1n) is 15.8. The van der Waals surface area contributed by atoms with E-state index in [1.54, 1.807) is 36.4 Å². The van der Waals surface area contributed by atoms with Gasteiger partial charge in [-0.25, -0.2) is 8.42 Å². The van der Waals surface area contributed by atoms with Gasteiger partial charge in [-0.1, -0.05) is 85.3 Å². The summed E-state index contributed by atoms with van der Waals surface area (Å²) in [7, 11) is -4.23. The van der Waals surface area contributed by atoms with Gasteiger partial charge in [0.05, 0.1) is 10.6 Å². The maximum atomic E-state index is 14.6. The topological polar surface area (TPSA) is 105 Å². The van der Waals surface area contributed by atoms with Crippen LogP contribution in [0.5, 0.6) is 11.5 Å². The van der Waals surface area contributed by atoms with Crippen molar-refractivity contribution in [3.05, 3.63) is 120 Å². The Hall–Kier alpha value is -4.83. The molecule has 0 aromatic heterocycles. The molecule has 5 rings (SSSR count). The Bertz CT molecular complexity index is 1770. The number of carbonyl (C=O) groups excluding carboxylic acids is 2. The number of nitrogens with one attached hydrogen (secondary N) is 1. The molecule has 4 aromatic rings. The predicted octanol–water partition coefficient (Wildman–Crippen LogP) is 5.52. The second-order valence-electron chi connectivity index (χ2n) is 11.7. The van der Waals surface area contributed by atoms with Gasteiger partial charge < -0.3 is 19.7 Å². The first kappa shape index (κ1) is 33.5. The molecule has 0 bridgehead atoms. The van der Waals surface area contributed by atoms with Crippen molar-refractivity contribution in [1.29, 1.82) is 0 Å². The lowest BCUT2D eigenvalue weighted by Gasteiger charge is -2.34. The molecule has 10 heteroatoms. The monoisotopic (exact) mass is 655 g/mol. The lowest BCUT2D eigenvalue weighted by molar-refractivity contribution is -0.140. The highest BCUT2D eigenvalue weighted by molar-refractivity contribution is 7.92. The Morgan fingerprint density at radius 2 is 1.47 bits per heavy atom. The van der Waals surface area contributed by atoms with E-state index in [0.717, 1.165) is 21.0 Å². The minimum atomic E-state index is -4.23. The molecule has 0 aliphatic carbocycles. The maximum Gasteiger partial charge on any atom is 0.264 e. The van der Waals surface area contributed by atoms with Crippen molar-refractivity contribution >= 4 is 27.5 Å². The van der Waals surface area contributed by atoms with Gasteiger partial charge in [-0.15, -0.1) is 0 Å². The van der Waals surface area contributed by atoms with Crippen LogP contribution < -0.4 is 19.1 Å². The first-order valence-corrected chi connectivity index (χ1v) is 17.3. The van der Waals surface area contributed by atoms with Gasteiger partial charge in [0.25, 0.3) is 10.0 Å². The van der Waals surface area contributed by atoms with E-state index in [0.29, 0.717) is 31.1 Å². The molecule has 0 radical (unpaired) electrons. The SMILES string of the molecule is CC[C@H](C)NC(=O)[C@H](Cc1ccccc1)N(Cc1ccc(C)cc1)C(=O)CN(c1ccc2c(c1)OCCO2)S(=O)(=O)c1ccccc1. The van der Waals surface area contributed by atoms with E-state index >= 15 is 0 Å². The summed E-state index contributed by atoms with van der Waals surface area (Å²) in [4.78, 5) is 30.1. The highest BCUT2D eigenvalue weighted by Crippen LogP contribution is 2.36. The number of ether oxygens (including phenoxy) is 2. The summed E-state index contributed by atoms with van der Waals surface area (Å²) in [6.07, 6.45) is 0.957. The number of sulfonamides is 1. The molecule has 1 aliphatic rings. The number of aryl methyl sites for hydroxylation is 1. The van der Waals surface area contributed by atoms with E-state index < -0.39 is 28.5 Å². The number of hydrogen-bond acceptors (Lipinski definition) is 6. The van der Waals surface area contributed by atoms with E-state index in [-0.39, 0.29) is 35.5 Å². The molecule has 0 spiro atoms. The van der Waals surface area contributed by atoms with E-state index in [2.05, 4.69) is 5.32 Å². The van der Waals surface area contributed by atoms with Crippen molar-refractivity contribution in [2.24, 2.45) is 0 Å². The highest BCUT2D eigenvalue weighted by Gasteiger charge is 2.35. The van der Waals surface area contributed by atoms with E-state index in [1.165, 1.54) is 17.0 Å². The van der Waals surface area contributed by atoms with Crippen LogP contribution >= 0.6 is 0 Å². The molecule has 246 valence electrons. The number of hydrogen-bond donors (Lipinski definition) is 1. The standard InChI is InChI=1S/C37H41N3O6S/c1-4-28(3)38-37(42)33(23-29-11-7-5-8-12-29)39(25-30-17-15-27(2)16-18-30)36(41)26-40(47(43,44)32-13-9-6-10-14-32)31-19-20-34-35(24-31)46-22-21-45-34/h5-20,24,28,33H,4,21-23,25-26H2,1-3H3,(H,38,42)/t28-,33-/m0/s1. The number of anilines is 1. The van der Waals surface area contributed by atoms with Gasteiger partial charge in [0.2, 0.25) is 11.8 Å². The van der Waals surface area contributed by atoms with Crippen LogP contribution in [0.15, 0.2) is 108 Å². The van der Waals surface area contributed by atoms with Crippen LogP contribution in [-0.4, -0.2) is 57.0 Å². The Kier molecular flexibility index (Phi) is 10.8. The normalized spacial score (nSPS) is 13.7. The van der Waals surface area contributed by atoms with Crippen molar-refractivity contribution in [3.8, 4) is 11.5 Å². The van der Waals surface area contributed by atoms with Crippen LogP contribution in [0.1, 0.15) is 37.0 Å². The molecular weight excluding hydrogens is 614 g/mol. The van der Waals surface area contributed by atoms with Crippen LogP contribution in [0, 0.1) is 6.92 Å². The van der Waals surface area contributed by atoms with Crippen molar-refractivity contribution in [2.45, 2.75) is 57.1 Å². The lowest BCUT2D eigenvalue weighted by Crippen LogP contribution is -2.54. The van der Waals surface area contributed by atoms with Crippen molar-refractivity contribution in [2.75, 3.05) is 24.1 Å². The molecule has 4 aromatic carbocycles. The molecule has 47 heavy (non-hydrogen) atoms. The van der Waals surface area contributed by atoms with Gasteiger partial charge in [0, 0.05) is 25.1 Å². The minimum Gasteiger partial charge on any atom is -0.486 e. The molecule has 1 heterocycles.